The molecule has 148 valence electrons. The van der Waals surface area contributed by atoms with Gasteiger partial charge >= 0.3 is 0 Å². The van der Waals surface area contributed by atoms with Gasteiger partial charge in [0.1, 0.15) is 5.75 Å². The van der Waals surface area contributed by atoms with Crippen molar-refractivity contribution in [3.63, 3.8) is 0 Å². The van der Waals surface area contributed by atoms with Crippen LogP contribution in [0.15, 0.2) is 52.3 Å². The van der Waals surface area contributed by atoms with E-state index in [9.17, 15) is 0 Å². The van der Waals surface area contributed by atoms with Gasteiger partial charge in [0.2, 0.25) is 0 Å². The van der Waals surface area contributed by atoms with E-state index in [0.29, 0.717) is 0 Å². The molecule has 2 unspecified atom stereocenters. The highest BCUT2D eigenvalue weighted by atomic mass is 32.2. The van der Waals surface area contributed by atoms with Gasteiger partial charge in [-0.2, -0.15) is 0 Å². The van der Waals surface area contributed by atoms with E-state index in [1.807, 2.05) is 11.8 Å². The first-order valence-electron chi connectivity index (χ1n) is 10.4. The lowest BCUT2D eigenvalue weighted by molar-refractivity contribution is 0.0884. The van der Waals surface area contributed by atoms with E-state index >= 15 is 0 Å². The average Bonchev–Trinajstić information content (AvgIpc) is 2.93. The third-order valence-electron chi connectivity index (χ3n) is 6.61. The van der Waals surface area contributed by atoms with Gasteiger partial charge in [0.05, 0.1) is 18.5 Å². The van der Waals surface area contributed by atoms with Crippen LogP contribution in [-0.2, 0) is 0 Å². The molecule has 2 atom stereocenters. The van der Waals surface area contributed by atoms with Crippen molar-refractivity contribution in [3.8, 4) is 5.75 Å². The summed E-state index contributed by atoms with van der Waals surface area (Å²) in [6.45, 7) is 4.71. The lowest BCUT2D eigenvalue weighted by Gasteiger charge is -2.39. The van der Waals surface area contributed by atoms with Crippen LogP contribution >= 0.6 is 11.8 Å². The van der Waals surface area contributed by atoms with Gasteiger partial charge in [-0.1, -0.05) is 23.9 Å². The highest BCUT2D eigenvalue weighted by Crippen LogP contribution is 2.49. The molecule has 4 nitrogen and oxygen atoms in total. The van der Waals surface area contributed by atoms with Crippen LogP contribution < -0.4 is 9.64 Å². The topological polar surface area (TPSA) is 19.0 Å². The largest absolute Gasteiger partial charge is 0.497 e. The van der Waals surface area contributed by atoms with Crippen LogP contribution in [0.3, 0.4) is 0 Å². The van der Waals surface area contributed by atoms with Crippen LogP contribution in [0.1, 0.15) is 19.3 Å². The monoisotopic (exact) mass is 395 g/mol. The van der Waals surface area contributed by atoms with Crippen molar-refractivity contribution in [2.24, 2.45) is 0 Å². The number of rotatable bonds is 5. The lowest BCUT2D eigenvalue weighted by Crippen LogP contribution is -2.52. The van der Waals surface area contributed by atoms with Gasteiger partial charge < -0.3 is 14.5 Å². The van der Waals surface area contributed by atoms with Crippen LogP contribution in [0.25, 0.3) is 0 Å². The number of fused-ring (bicyclic) bond motifs is 4. The summed E-state index contributed by atoms with van der Waals surface area (Å²) in [5.41, 5.74) is 2.60. The first-order chi connectivity index (χ1) is 13.7. The summed E-state index contributed by atoms with van der Waals surface area (Å²) in [5.74, 6) is 0.930. The Morgan fingerprint density at radius 1 is 0.964 bits per heavy atom. The number of hydrogen-bond acceptors (Lipinski definition) is 5. The van der Waals surface area contributed by atoms with Gasteiger partial charge in [0, 0.05) is 47.6 Å². The number of para-hydroxylation sites is 1. The fourth-order valence-corrected chi connectivity index (χ4v) is 6.09. The zero-order chi connectivity index (χ0) is 19.1. The fourth-order valence-electron chi connectivity index (χ4n) is 5.01. The Bertz CT molecular complexity index is 843. The van der Waals surface area contributed by atoms with Gasteiger partial charge in [-0.15, -0.1) is 0 Å². The number of nitrogens with zero attached hydrogens (tertiary/aromatic N) is 3. The Morgan fingerprint density at radius 2 is 1.71 bits per heavy atom. The number of likely N-dealkylation sites (N-methyl/N-ethyl adjacent to an activating group) is 1. The Kier molecular flexibility index (Phi) is 4.99. The third-order valence-corrected chi connectivity index (χ3v) is 7.74. The second kappa shape index (κ2) is 7.62. The summed E-state index contributed by atoms with van der Waals surface area (Å²) in [4.78, 5) is 10.5. The minimum Gasteiger partial charge on any atom is -0.497 e. The van der Waals surface area contributed by atoms with Crippen molar-refractivity contribution < 1.29 is 4.74 Å². The maximum Gasteiger partial charge on any atom is 0.121 e. The molecular weight excluding hydrogens is 366 g/mol. The number of benzene rings is 2. The maximum absolute atomic E-state index is 5.51. The first-order valence-corrected chi connectivity index (χ1v) is 11.2. The number of ether oxygens (including phenoxy) is 1. The number of likely N-dealkylation sites (tertiary alicyclic amines) is 1. The Labute approximate surface area is 172 Å². The molecule has 3 aliphatic heterocycles. The molecule has 2 bridgehead atoms. The van der Waals surface area contributed by atoms with Gasteiger partial charge in [0.25, 0.3) is 0 Å². The van der Waals surface area contributed by atoms with Gasteiger partial charge in [0.15, 0.2) is 0 Å². The van der Waals surface area contributed by atoms with E-state index < -0.39 is 0 Å². The normalized spacial score (nSPS) is 24.1. The number of piperazine rings is 1. The number of hydrogen-bond donors (Lipinski definition) is 0. The molecular formula is C23H29N3OS. The molecule has 28 heavy (non-hydrogen) atoms. The Balaban J connectivity index is 1.32. The van der Waals surface area contributed by atoms with E-state index in [0.717, 1.165) is 24.4 Å². The van der Waals surface area contributed by atoms with Crippen molar-refractivity contribution in [1.82, 2.24) is 9.80 Å². The Hall–Kier alpha value is -1.69. The summed E-state index contributed by atoms with van der Waals surface area (Å²) in [6, 6.07) is 16.8. The van der Waals surface area contributed by atoms with Crippen molar-refractivity contribution in [2.45, 2.75) is 41.1 Å². The van der Waals surface area contributed by atoms with Crippen molar-refractivity contribution in [2.75, 3.05) is 45.2 Å². The van der Waals surface area contributed by atoms with E-state index in [1.165, 1.54) is 60.1 Å². The zero-order valence-corrected chi connectivity index (χ0v) is 17.6. The highest BCUT2D eigenvalue weighted by molar-refractivity contribution is 7.99. The summed E-state index contributed by atoms with van der Waals surface area (Å²) in [5, 5.41) is 0. The van der Waals surface area contributed by atoms with Crippen molar-refractivity contribution in [1.29, 1.82) is 0 Å². The minimum absolute atomic E-state index is 0.774. The van der Waals surface area contributed by atoms with E-state index in [1.54, 1.807) is 7.11 Å². The maximum atomic E-state index is 5.51. The minimum atomic E-state index is 0.774. The molecule has 2 aromatic rings. The predicted octanol–water partition coefficient (Wildman–Crippen LogP) is 4.47. The molecule has 3 aliphatic rings. The molecule has 0 saturated carbocycles. The van der Waals surface area contributed by atoms with Crippen LogP contribution in [0, 0.1) is 0 Å². The van der Waals surface area contributed by atoms with Gasteiger partial charge in [-0.25, -0.2) is 0 Å². The molecule has 5 rings (SSSR count). The van der Waals surface area contributed by atoms with E-state index in [-0.39, 0.29) is 0 Å². The number of methoxy groups -OCH3 is 1. The molecule has 5 heteroatoms. The molecule has 0 amide bonds. The molecule has 2 saturated heterocycles. The quantitative estimate of drug-likeness (QED) is 0.742. The van der Waals surface area contributed by atoms with Crippen molar-refractivity contribution in [3.05, 3.63) is 42.5 Å². The van der Waals surface area contributed by atoms with Crippen LogP contribution in [0.4, 0.5) is 11.4 Å². The standard InChI is InChI=1S/C23H29N3OS/c1-24-17-8-9-18(24)16-25(15-17)12-5-13-26-20-6-3-4-7-22(20)28-23-11-10-19(27-2)14-21(23)26/h3-4,6-7,10-11,14,17-18H,5,8-9,12-13,15-16H2,1-2H3. The van der Waals surface area contributed by atoms with Crippen LogP contribution in [-0.4, -0.2) is 62.2 Å². The van der Waals surface area contributed by atoms with Gasteiger partial charge in [-0.05, 0) is 57.1 Å². The molecule has 0 N–H and O–H groups in total. The lowest BCUT2D eigenvalue weighted by atomic mass is 10.1. The fraction of sp³-hybridized carbons (Fsp3) is 0.478. The molecule has 0 spiro atoms. The molecule has 0 radical (unpaired) electrons. The average molecular weight is 396 g/mol. The third kappa shape index (κ3) is 3.30. The number of anilines is 2. The highest BCUT2D eigenvalue weighted by Gasteiger charge is 2.37. The van der Waals surface area contributed by atoms with E-state index in [2.05, 4.69) is 64.2 Å². The zero-order valence-electron chi connectivity index (χ0n) is 16.8. The Morgan fingerprint density at radius 3 is 2.50 bits per heavy atom. The summed E-state index contributed by atoms with van der Waals surface area (Å²) < 4.78 is 5.51. The van der Waals surface area contributed by atoms with E-state index in [4.69, 9.17) is 4.74 Å². The summed E-state index contributed by atoms with van der Waals surface area (Å²) in [6.07, 6.45) is 3.93. The second-order valence-corrected chi connectivity index (χ2v) is 9.30. The molecule has 2 fully saturated rings. The second-order valence-electron chi connectivity index (χ2n) is 8.22. The SMILES string of the molecule is COc1ccc2c(c1)N(CCCN1CC3CCC(C1)N3C)c1ccccc1S2. The molecule has 3 heterocycles. The van der Waals surface area contributed by atoms with Crippen molar-refractivity contribution >= 4 is 23.1 Å². The molecule has 2 aromatic carbocycles. The molecule has 0 aliphatic carbocycles. The smallest absolute Gasteiger partial charge is 0.121 e. The summed E-state index contributed by atoms with van der Waals surface area (Å²) in [7, 11) is 4.06. The predicted molar refractivity (Wildman–Crippen MR) is 116 cm³/mol. The van der Waals surface area contributed by atoms with Gasteiger partial charge in [-0.3, -0.25) is 4.90 Å². The first kappa shape index (κ1) is 18.3. The van der Waals surface area contributed by atoms with Crippen LogP contribution in [0.2, 0.25) is 0 Å². The molecule has 0 aromatic heterocycles. The van der Waals surface area contributed by atoms with Crippen LogP contribution in [0.5, 0.6) is 5.75 Å². The summed E-state index contributed by atoms with van der Waals surface area (Å²) >= 11 is 1.86.